The predicted molar refractivity (Wildman–Crippen MR) is 199 cm³/mol. The van der Waals surface area contributed by atoms with Crippen molar-refractivity contribution in [2.24, 2.45) is 0 Å². The van der Waals surface area contributed by atoms with Gasteiger partial charge in [0.2, 0.25) is 0 Å². The van der Waals surface area contributed by atoms with Crippen molar-refractivity contribution in [1.29, 1.82) is 0 Å². The van der Waals surface area contributed by atoms with E-state index in [0.29, 0.717) is 42.7 Å². The Labute approximate surface area is 294 Å². The first-order valence-electron chi connectivity index (χ1n) is 16.9. The highest BCUT2D eigenvalue weighted by Gasteiger charge is 2.13. The molecule has 0 fully saturated rings. The van der Waals surface area contributed by atoms with Crippen LogP contribution < -0.4 is 9.47 Å². The number of carbonyl (C=O) groups is 2. The summed E-state index contributed by atoms with van der Waals surface area (Å²) in [6.07, 6.45) is 4.11. The van der Waals surface area contributed by atoms with Crippen molar-refractivity contribution >= 4 is 33.5 Å². The van der Waals surface area contributed by atoms with Crippen LogP contribution in [0.25, 0.3) is 21.5 Å². The van der Waals surface area contributed by atoms with Crippen LogP contribution in [-0.2, 0) is 14.3 Å². The van der Waals surface area contributed by atoms with Crippen LogP contribution in [0.3, 0.4) is 0 Å². The quantitative estimate of drug-likeness (QED) is 0.0542. The molecule has 0 aromatic heterocycles. The van der Waals surface area contributed by atoms with Gasteiger partial charge in [-0.1, -0.05) is 68.4 Å². The third-order valence-corrected chi connectivity index (χ3v) is 7.68. The summed E-state index contributed by atoms with van der Waals surface area (Å²) in [7, 11) is 0. The van der Waals surface area contributed by atoms with E-state index in [0.717, 1.165) is 63.1 Å². The Morgan fingerprint density at radius 3 is 1.62 bits per heavy atom. The Hall–Kier alpha value is -5.98. The molecule has 0 spiro atoms. The lowest BCUT2D eigenvalue weighted by molar-refractivity contribution is -0.137. The van der Waals surface area contributed by atoms with Gasteiger partial charge in [0.25, 0.3) is 0 Å². The fourth-order valence-corrected chi connectivity index (χ4v) is 5.08. The van der Waals surface area contributed by atoms with Gasteiger partial charge in [0, 0.05) is 28.3 Å². The zero-order chi connectivity index (χ0) is 35.1. The highest BCUT2D eigenvalue weighted by molar-refractivity contribution is 5.93. The van der Waals surface area contributed by atoms with E-state index < -0.39 is 11.9 Å². The Morgan fingerprint density at radius 2 is 1.06 bits per heavy atom. The number of hydrogen-bond acceptors (Lipinski definition) is 6. The summed E-state index contributed by atoms with van der Waals surface area (Å²) in [5.41, 5.74) is 3.20. The second kappa shape index (κ2) is 18.0. The van der Waals surface area contributed by atoms with Crippen molar-refractivity contribution in [2.45, 2.75) is 39.5 Å². The van der Waals surface area contributed by atoms with Crippen LogP contribution in [0.5, 0.6) is 11.5 Å². The fraction of sp³-hybridized carbons (Fsp3) is 0.227. The van der Waals surface area contributed by atoms with E-state index in [4.69, 9.17) is 18.9 Å². The first-order chi connectivity index (χ1) is 24.4. The minimum atomic E-state index is -0.494. The summed E-state index contributed by atoms with van der Waals surface area (Å²) < 4.78 is 22.2. The zero-order valence-corrected chi connectivity index (χ0v) is 28.6. The Morgan fingerprint density at radius 1 is 0.580 bits per heavy atom. The summed E-state index contributed by atoms with van der Waals surface area (Å²) in [6, 6.07) is 29.5. The Balaban J connectivity index is 1.37. The largest absolute Gasteiger partial charge is 0.494 e. The van der Waals surface area contributed by atoms with Crippen molar-refractivity contribution in [1.82, 2.24) is 0 Å². The van der Waals surface area contributed by atoms with Crippen molar-refractivity contribution in [2.75, 3.05) is 26.4 Å². The molecule has 0 radical (unpaired) electrons. The molecule has 5 rings (SSSR count). The van der Waals surface area contributed by atoms with Crippen LogP contribution in [-0.4, -0.2) is 38.4 Å². The first-order valence-corrected chi connectivity index (χ1v) is 16.9. The van der Waals surface area contributed by atoms with Gasteiger partial charge in [-0.2, -0.15) is 0 Å². The van der Waals surface area contributed by atoms with Gasteiger partial charge in [-0.25, -0.2) is 9.59 Å². The lowest BCUT2D eigenvalue weighted by atomic mass is 10.0. The van der Waals surface area contributed by atoms with Gasteiger partial charge >= 0.3 is 11.9 Å². The molecule has 252 valence electrons. The minimum absolute atomic E-state index is 0.171. The molecular formula is C44H40O6. The third-order valence-electron chi connectivity index (χ3n) is 7.68. The van der Waals surface area contributed by atoms with Gasteiger partial charge in [0.15, 0.2) is 0 Å². The molecule has 6 heteroatoms. The van der Waals surface area contributed by atoms with E-state index in [1.165, 1.54) is 0 Å². The van der Waals surface area contributed by atoms with Crippen molar-refractivity contribution in [3.05, 3.63) is 131 Å². The first kappa shape index (κ1) is 35.3. The molecule has 6 nitrogen and oxygen atoms in total. The lowest BCUT2D eigenvalue weighted by Crippen LogP contribution is -2.10. The Kier molecular flexibility index (Phi) is 12.7. The van der Waals surface area contributed by atoms with E-state index >= 15 is 0 Å². The molecule has 0 atom stereocenters. The molecule has 0 aliphatic heterocycles. The molecule has 5 aromatic carbocycles. The number of unbranched alkanes of at least 4 members (excludes halogenated alkanes) is 1. The van der Waals surface area contributed by atoms with Crippen LogP contribution in [0.4, 0.5) is 0 Å². The van der Waals surface area contributed by atoms with Crippen molar-refractivity contribution < 1.29 is 28.5 Å². The highest BCUT2D eigenvalue weighted by Crippen LogP contribution is 2.24. The second-order valence-electron chi connectivity index (χ2n) is 11.6. The predicted octanol–water partition coefficient (Wildman–Crippen LogP) is 9.04. The third kappa shape index (κ3) is 10.0. The van der Waals surface area contributed by atoms with Crippen LogP contribution >= 0.6 is 0 Å². The molecule has 0 unspecified atom stereocenters. The summed E-state index contributed by atoms with van der Waals surface area (Å²) in [4.78, 5) is 24.6. The lowest BCUT2D eigenvalue weighted by Gasteiger charge is -2.08. The van der Waals surface area contributed by atoms with Crippen LogP contribution in [0.2, 0.25) is 0 Å². The SMILES string of the molecule is C=CC(=O)OCCCCOC(=O)c1cc(C#Cc2ccc3cc(OCCC)ccc3c2)ccc1C#Cc1ccc2cc(OCCC)ccc2c1. The number of rotatable bonds is 13. The van der Waals surface area contributed by atoms with Crippen molar-refractivity contribution in [3.8, 4) is 35.2 Å². The molecule has 0 heterocycles. The van der Waals surface area contributed by atoms with Crippen LogP contribution in [0, 0.1) is 23.7 Å². The summed E-state index contributed by atoms with van der Waals surface area (Å²) in [6.45, 7) is 9.31. The molecule has 0 aliphatic rings. The molecule has 50 heavy (non-hydrogen) atoms. The second-order valence-corrected chi connectivity index (χ2v) is 11.6. The van der Waals surface area contributed by atoms with E-state index in [1.54, 1.807) is 12.1 Å². The minimum Gasteiger partial charge on any atom is -0.494 e. The van der Waals surface area contributed by atoms with Gasteiger partial charge in [0.1, 0.15) is 11.5 Å². The van der Waals surface area contributed by atoms with E-state index in [1.807, 2.05) is 78.9 Å². The number of ether oxygens (including phenoxy) is 4. The summed E-state index contributed by atoms with van der Waals surface area (Å²) >= 11 is 0. The van der Waals surface area contributed by atoms with Gasteiger partial charge in [-0.15, -0.1) is 0 Å². The molecule has 0 aliphatic carbocycles. The van der Waals surface area contributed by atoms with Gasteiger partial charge in [-0.05, 0) is 114 Å². The molecule has 5 aromatic rings. The van der Waals surface area contributed by atoms with Gasteiger partial charge in [-0.3, -0.25) is 0 Å². The van der Waals surface area contributed by atoms with E-state index in [9.17, 15) is 9.59 Å². The maximum Gasteiger partial charge on any atom is 0.339 e. The molecule has 0 saturated carbocycles. The highest BCUT2D eigenvalue weighted by atomic mass is 16.5. The molecule has 0 bridgehead atoms. The average Bonchev–Trinajstić information content (AvgIpc) is 3.15. The zero-order valence-electron chi connectivity index (χ0n) is 28.6. The summed E-state index contributed by atoms with van der Waals surface area (Å²) in [5, 5.41) is 4.25. The number of benzene rings is 5. The number of fused-ring (bicyclic) bond motifs is 2. The Bertz CT molecular complexity index is 2120. The average molecular weight is 665 g/mol. The molecular weight excluding hydrogens is 624 g/mol. The topological polar surface area (TPSA) is 71.1 Å². The fourth-order valence-electron chi connectivity index (χ4n) is 5.08. The number of hydrogen-bond donors (Lipinski definition) is 0. The van der Waals surface area contributed by atoms with E-state index in [2.05, 4.69) is 44.1 Å². The number of esters is 2. The van der Waals surface area contributed by atoms with Gasteiger partial charge < -0.3 is 18.9 Å². The normalized spacial score (nSPS) is 10.4. The summed E-state index contributed by atoms with van der Waals surface area (Å²) in [5.74, 6) is 13.6. The van der Waals surface area contributed by atoms with Crippen molar-refractivity contribution in [3.63, 3.8) is 0 Å². The number of carbonyl (C=O) groups excluding carboxylic acids is 2. The molecule has 0 saturated heterocycles. The van der Waals surface area contributed by atoms with Crippen LogP contribution in [0.15, 0.2) is 104 Å². The molecule has 0 N–H and O–H groups in total. The monoisotopic (exact) mass is 664 g/mol. The van der Waals surface area contributed by atoms with Crippen LogP contribution in [0.1, 0.15) is 72.1 Å². The molecule has 0 amide bonds. The van der Waals surface area contributed by atoms with E-state index in [-0.39, 0.29) is 13.2 Å². The maximum absolute atomic E-state index is 13.4. The smallest absolute Gasteiger partial charge is 0.339 e. The van der Waals surface area contributed by atoms with Gasteiger partial charge in [0.05, 0.1) is 32.0 Å². The standard InChI is InChI=1S/C44H40O6/c1-4-23-47-40-21-19-36-27-32(13-17-38(36)30-40)9-10-34-12-16-35(42(29-34)44(46)50-26-8-7-25-49-43(45)6-3)15-11-33-14-18-39-31-41(48-24-5-2)22-20-37(39)28-33/h6,12-14,16-22,27-31H,3-5,7-8,23-26H2,1-2H3. The maximum atomic E-state index is 13.4.